The van der Waals surface area contributed by atoms with Crippen LogP contribution in [-0.4, -0.2) is 50.2 Å². The molecule has 0 bridgehead atoms. The van der Waals surface area contributed by atoms with Gasteiger partial charge in [-0.2, -0.15) is 0 Å². The maximum absolute atomic E-state index is 12.9. The van der Waals surface area contributed by atoms with Gasteiger partial charge in [0.1, 0.15) is 23.9 Å². The van der Waals surface area contributed by atoms with Gasteiger partial charge in [0.15, 0.2) is 0 Å². The van der Waals surface area contributed by atoms with Gasteiger partial charge in [-0.3, -0.25) is 4.90 Å². The van der Waals surface area contributed by atoms with E-state index in [0.29, 0.717) is 49.6 Å². The molecule has 0 saturated heterocycles. The van der Waals surface area contributed by atoms with E-state index >= 15 is 0 Å². The van der Waals surface area contributed by atoms with Crippen molar-refractivity contribution in [2.45, 2.75) is 76.5 Å². The number of hydrogen-bond acceptors (Lipinski definition) is 6. The van der Waals surface area contributed by atoms with E-state index in [2.05, 4.69) is 67.6 Å². The van der Waals surface area contributed by atoms with Crippen LogP contribution in [0, 0.1) is 0 Å². The van der Waals surface area contributed by atoms with Crippen molar-refractivity contribution in [1.82, 2.24) is 9.62 Å². The van der Waals surface area contributed by atoms with Gasteiger partial charge in [-0.15, -0.1) is 0 Å². The number of rotatable bonds is 19. The van der Waals surface area contributed by atoms with Crippen LogP contribution in [0.3, 0.4) is 0 Å². The first-order chi connectivity index (χ1) is 25.1. The van der Waals surface area contributed by atoms with Gasteiger partial charge >= 0.3 is 0 Å². The number of nitrogens with one attached hydrogen (secondary N) is 1. The predicted octanol–water partition coefficient (Wildman–Crippen LogP) is 8.75. The minimum atomic E-state index is -3.65. The highest BCUT2D eigenvalue weighted by Gasteiger charge is 2.22. The van der Waals surface area contributed by atoms with Crippen molar-refractivity contribution >= 4 is 10.0 Å². The first kappa shape index (κ1) is 38.6. The fourth-order valence-corrected chi connectivity index (χ4v) is 7.56. The zero-order chi connectivity index (χ0) is 36.9. The summed E-state index contributed by atoms with van der Waals surface area (Å²) >= 11 is 0. The Morgan fingerprint density at radius 1 is 0.673 bits per heavy atom. The molecule has 0 aromatic heterocycles. The van der Waals surface area contributed by atoms with Crippen molar-refractivity contribution in [2.75, 3.05) is 19.7 Å². The summed E-state index contributed by atoms with van der Waals surface area (Å²) in [4.78, 5) is 2.70. The van der Waals surface area contributed by atoms with Crippen LogP contribution in [0.15, 0.2) is 132 Å². The Bertz CT molecular complexity index is 1910. The van der Waals surface area contributed by atoms with Crippen LogP contribution in [-0.2, 0) is 29.5 Å². The summed E-state index contributed by atoms with van der Waals surface area (Å²) in [5.41, 5.74) is 5.30. The summed E-state index contributed by atoms with van der Waals surface area (Å²) < 4.78 is 40.3. The van der Waals surface area contributed by atoms with Crippen LogP contribution in [0.5, 0.6) is 17.2 Å². The molecular weight excluding hydrogens is 669 g/mol. The van der Waals surface area contributed by atoms with Gasteiger partial charge in [0, 0.05) is 36.5 Å². The lowest BCUT2D eigenvalue weighted by molar-refractivity contribution is 0.170. The quantitative estimate of drug-likeness (QED) is 0.0888. The molecule has 7 nitrogen and oxygen atoms in total. The molecule has 8 heteroatoms. The molecule has 0 fully saturated rings. The number of ether oxygens (including phenoxy) is 2. The lowest BCUT2D eigenvalue weighted by Crippen LogP contribution is -2.38. The molecule has 0 spiro atoms. The minimum Gasteiger partial charge on any atom is -0.508 e. The number of benzene rings is 5. The summed E-state index contributed by atoms with van der Waals surface area (Å²) in [5.74, 6) is 1.76. The van der Waals surface area contributed by atoms with E-state index in [1.807, 2.05) is 72.8 Å². The molecule has 52 heavy (non-hydrogen) atoms. The van der Waals surface area contributed by atoms with Crippen LogP contribution < -0.4 is 14.2 Å². The van der Waals surface area contributed by atoms with E-state index in [1.165, 1.54) is 5.56 Å². The smallest absolute Gasteiger partial charge is 0.240 e. The van der Waals surface area contributed by atoms with E-state index in [0.717, 1.165) is 41.0 Å². The fourth-order valence-electron chi connectivity index (χ4n) is 6.52. The third-order valence-corrected chi connectivity index (χ3v) is 10.8. The summed E-state index contributed by atoms with van der Waals surface area (Å²) in [6.07, 6.45) is 2.14. The Kier molecular flexibility index (Phi) is 13.9. The van der Waals surface area contributed by atoms with Crippen molar-refractivity contribution in [2.24, 2.45) is 0 Å². The largest absolute Gasteiger partial charge is 0.508 e. The second-order valence-electron chi connectivity index (χ2n) is 13.7. The van der Waals surface area contributed by atoms with Gasteiger partial charge in [-0.1, -0.05) is 84.9 Å². The fraction of sp³-hybridized carbons (Fsp3) is 0.318. The lowest BCUT2D eigenvalue weighted by atomic mass is 9.86. The zero-order valence-corrected chi connectivity index (χ0v) is 31.6. The Hall–Kier alpha value is -4.63. The Labute approximate surface area is 310 Å². The Morgan fingerprint density at radius 3 is 1.92 bits per heavy atom. The van der Waals surface area contributed by atoms with Gasteiger partial charge in [-0.05, 0) is 112 Å². The number of nitrogens with zero attached hydrogens (tertiary/aromatic N) is 1. The Morgan fingerprint density at radius 2 is 1.27 bits per heavy atom. The molecular formula is C44H52N2O5S. The highest BCUT2D eigenvalue weighted by atomic mass is 32.2. The van der Waals surface area contributed by atoms with Gasteiger partial charge in [-0.25, -0.2) is 13.1 Å². The summed E-state index contributed by atoms with van der Waals surface area (Å²) in [6, 6.07) is 41.3. The maximum Gasteiger partial charge on any atom is 0.240 e. The highest BCUT2D eigenvalue weighted by molar-refractivity contribution is 7.89. The van der Waals surface area contributed by atoms with Crippen molar-refractivity contribution in [3.8, 4) is 17.2 Å². The Balaban J connectivity index is 1.11. The average molecular weight is 721 g/mol. The van der Waals surface area contributed by atoms with Gasteiger partial charge in [0.05, 0.1) is 11.5 Å². The van der Waals surface area contributed by atoms with Crippen molar-refractivity contribution < 1.29 is 23.0 Å². The van der Waals surface area contributed by atoms with E-state index in [-0.39, 0.29) is 17.4 Å². The van der Waals surface area contributed by atoms with Gasteiger partial charge < -0.3 is 14.6 Å². The van der Waals surface area contributed by atoms with E-state index in [1.54, 1.807) is 24.3 Å². The molecule has 0 saturated carbocycles. The van der Waals surface area contributed by atoms with Crippen LogP contribution in [0.25, 0.3) is 0 Å². The molecule has 5 aromatic carbocycles. The first-order valence-electron chi connectivity index (χ1n) is 18.2. The van der Waals surface area contributed by atoms with E-state index < -0.39 is 10.0 Å². The van der Waals surface area contributed by atoms with Crippen LogP contribution >= 0.6 is 0 Å². The standard InChI is InChI=1S/C44H52N2O5S/c1-33(2)46(34(3)4)29-26-42(38-13-9-6-10-14-38)43-31-36(17-24-44(43)47)27-30-50-39-18-15-35(16-19-39)25-28-45-52(48,49)41-22-20-40(21-23-41)51-32-37-11-7-5-8-12-37/h5-24,31,33-34,42,45,47H,25-30,32H2,1-4H3/t42-/m1/s1. The average Bonchev–Trinajstić information content (AvgIpc) is 3.14. The lowest BCUT2D eigenvalue weighted by Gasteiger charge is -2.32. The molecule has 0 unspecified atom stereocenters. The maximum atomic E-state index is 12.9. The van der Waals surface area contributed by atoms with Gasteiger partial charge in [0.2, 0.25) is 10.0 Å². The monoisotopic (exact) mass is 720 g/mol. The number of hydrogen-bond donors (Lipinski definition) is 2. The molecule has 1 atom stereocenters. The molecule has 0 aliphatic carbocycles. The topological polar surface area (TPSA) is 88.1 Å². The molecule has 0 aliphatic heterocycles. The second kappa shape index (κ2) is 18.7. The van der Waals surface area contributed by atoms with Crippen LogP contribution in [0.4, 0.5) is 0 Å². The normalized spacial score (nSPS) is 12.4. The zero-order valence-electron chi connectivity index (χ0n) is 30.7. The van der Waals surface area contributed by atoms with Crippen LogP contribution in [0.2, 0.25) is 0 Å². The van der Waals surface area contributed by atoms with Crippen molar-refractivity contribution in [1.29, 1.82) is 0 Å². The van der Waals surface area contributed by atoms with Crippen molar-refractivity contribution in [3.05, 3.63) is 155 Å². The number of sulfonamides is 1. The molecule has 0 aliphatic rings. The van der Waals surface area contributed by atoms with Crippen LogP contribution in [0.1, 0.15) is 67.9 Å². The molecule has 0 heterocycles. The number of aromatic hydroxyl groups is 1. The molecule has 0 amide bonds. The molecule has 2 N–H and O–H groups in total. The summed E-state index contributed by atoms with van der Waals surface area (Å²) in [6.45, 7) is 11.1. The first-order valence-corrected chi connectivity index (χ1v) is 19.7. The predicted molar refractivity (Wildman–Crippen MR) is 210 cm³/mol. The van der Waals surface area contributed by atoms with E-state index in [9.17, 15) is 13.5 Å². The molecule has 5 aromatic rings. The molecule has 5 rings (SSSR count). The highest BCUT2D eigenvalue weighted by Crippen LogP contribution is 2.35. The summed E-state index contributed by atoms with van der Waals surface area (Å²) in [7, 11) is -3.65. The molecule has 274 valence electrons. The summed E-state index contributed by atoms with van der Waals surface area (Å²) in [5, 5.41) is 11.0. The van der Waals surface area contributed by atoms with Crippen molar-refractivity contribution in [3.63, 3.8) is 0 Å². The van der Waals surface area contributed by atoms with Gasteiger partial charge in [0.25, 0.3) is 0 Å². The van der Waals surface area contributed by atoms with E-state index in [4.69, 9.17) is 9.47 Å². The third kappa shape index (κ3) is 11.2. The second-order valence-corrected chi connectivity index (χ2v) is 15.5. The minimum absolute atomic E-state index is 0.0735. The SMILES string of the molecule is CC(C)N(CC[C@H](c1ccccc1)c1cc(CCOc2ccc(CCNS(=O)(=O)c3ccc(OCc4ccccc4)cc3)cc2)ccc1O)C(C)C. The molecule has 0 radical (unpaired) electrons. The number of phenols is 1. The number of phenolic OH excluding ortho intramolecular Hbond substituents is 1. The third-order valence-electron chi connectivity index (χ3n) is 9.34.